The molecule has 0 unspecified atom stereocenters. The Bertz CT molecular complexity index is 381. The first-order chi connectivity index (χ1) is 7.56. The molecule has 1 rings (SSSR count). The topological polar surface area (TPSA) is 54.1 Å². The van der Waals surface area contributed by atoms with E-state index in [4.69, 9.17) is 10.1 Å². The van der Waals surface area contributed by atoms with Gasteiger partial charge in [0.1, 0.15) is 0 Å². The highest BCUT2D eigenvalue weighted by atomic mass is 16.5. The molecule has 1 N–H and O–H groups in total. The van der Waals surface area contributed by atoms with Gasteiger partial charge in [0.05, 0.1) is 12.3 Å². The molecule has 88 valence electrons. The van der Waals surface area contributed by atoms with E-state index in [-0.39, 0.29) is 5.90 Å². The normalized spacial score (nSPS) is 9.94. The first-order valence-corrected chi connectivity index (χ1v) is 5.12. The highest BCUT2D eigenvalue weighted by Gasteiger charge is 2.13. The number of hydrogen-bond acceptors (Lipinski definition) is 4. The van der Waals surface area contributed by atoms with Crippen LogP contribution in [0.15, 0.2) is 18.9 Å². The molecule has 0 amide bonds. The summed E-state index contributed by atoms with van der Waals surface area (Å²) in [7, 11) is 3.78. The Morgan fingerprint density at radius 3 is 2.94 bits per heavy atom. The number of hydrogen-bond donors (Lipinski definition) is 1. The second-order valence-corrected chi connectivity index (χ2v) is 3.65. The summed E-state index contributed by atoms with van der Waals surface area (Å²) in [5, 5.41) is 9.64. The van der Waals surface area contributed by atoms with Gasteiger partial charge in [0.25, 0.3) is 5.90 Å². The summed E-state index contributed by atoms with van der Waals surface area (Å²) in [4.78, 5) is 4.26. The third kappa shape index (κ3) is 2.85. The van der Waals surface area contributed by atoms with E-state index >= 15 is 0 Å². The largest absolute Gasteiger partial charge is 0.475 e. The van der Waals surface area contributed by atoms with E-state index in [0.29, 0.717) is 12.4 Å². The third-order valence-electron chi connectivity index (χ3n) is 2.01. The van der Waals surface area contributed by atoms with Gasteiger partial charge in [-0.1, -0.05) is 6.08 Å². The molecule has 0 saturated carbocycles. The van der Waals surface area contributed by atoms with Crippen LogP contribution in [0.3, 0.4) is 0 Å². The molecule has 1 aromatic heterocycles. The number of nitrogens with zero attached hydrogens (tertiary/aromatic N) is 3. The molecule has 1 aromatic rings. The Morgan fingerprint density at radius 1 is 1.69 bits per heavy atom. The van der Waals surface area contributed by atoms with Gasteiger partial charge in [-0.15, -0.1) is 6.58 Å². The van der Waals surface area contributed by atoms with Crippen molar-refractivity contribution in [2.45, 2.75) is 13.3 Å². The lowest BCUT2D eigenvalue weighted by Gasteiger charge is -2.16. The minimum atomic E-state index is 0.0867. The van der Waals surface area contributed by atoms with Crippen molar-refractivity contribution in [2.75, 3.05) is 25.7 Å². The van der Waals surface area contributed by atoms with Crippen molar-refractivity contribution in [3.05, 3.63) is 30.4 Å². The smallest absolute Gasteiger partial charge is 0.252 e. The molecule has 0 radical (unpaired) electrons. The molecule has 0 bridgehead atoms. The lowest BCUT2D eigenvalue weighted by Crippen LogP contribution is -2.28. The summed E-state index contributed by atoms with van der Waals surface area (Å²) in [5.74, 6) is 0.607. The van der Waals surface area contributed by atoms with E-state index < -0.39 is 0 Å². The van der Waals surface area contributed by atoms with Crippen LogP contribution in [0.4, 0.5) is 0 Å². The summed E-state index contributed by atoms with van der Waals surface area (Å²) in [5.41, 5.74) is 0.862. The van der Waals surface area contributed by atoms with Gasteiger partial charge < -0.3 is 9.75 Å². The number of ether oxygens (including phenoxy) is 1. The van der Waals surface area contributed by atoms with Crippen LogP contribution in [0.25, 0.3) is 0 Å². The van der Waals surface area contributed by atoms with Gasteiger partial charge in [-0.2, -0.15) is 0 Å². The number of nitrogens with one attached hydrogen (secondary N) is 1. The molecule has 0 aromatic carbocycles. The molecule has 5 nitrogen and oxygen atoms in total. The SMILES string of the molecule is C=CCCOC(=N)c1nc(C)cn1N(C)C. The molecule has 0 saturated heterocycles. The predicted octanol–water partition coefficient (Wildman–Crippen LogP) is 1.31. The Kier molecular flexibility index (Phi) is 4.10. The van der Waals surface area contributed by atoms with E-state index in [9.17, 15) is 0 Å². The molecule has 0 atom stereocenters. The van der Waals surface area contributed by atoms with Crippen LogP contribution >= 0.6 is 0 Å². The fraction of sp³-hybridized carbons (Fsp3) is 0.455. The van der Waals surface area contributed by atoms with Gasteiger partial charge in [-0.3, -0.25) is 5.41 Å². The minimum Gasteiger partial charge on any atom is -0.475 e. The van der Waals surface area contributed by atoms with Crippen LogP contribution in [0.5, 0.6) is 0 Å². The molecule has 0 aliphatic carbocycles. The first-order valence-electron chi connectivity index (χ1n) is 5.12. The number of rotatable bonds is 5. The van der Waals surface area contributed by atoms with Gasteiger partial charge in [0.2, 0.25) is 5.82 Å². The molecule has 5 heteroatoms. The highest BCUT2D eigenvalue weighted by Crippen LogP contribution is 2.04. The van der Waals surface area contributed by atoms with E-state index in [1.54, 1.807) is 10.8 Å². The van der Waals surface area contributed by atoms with E-state index in [0.717, 1.165) is 12.1 Å². The third-order valence-corrected chi connectivity index (χ3v) is 2.01. The predicted molar refractivity (Wildman–Crippen MR) is 64.6 cm³/mol. The lowest BCUT2D eigenvalue weighted by atomic mass is 10.4. The molecular weight excluding hydrogens is 204 g/mol. The van der Waals surface area contributed by atoms with Crippen molar-refractivity contribution in [1.82, 2.24) is 9.66 Å². The zero-order valence-electron chi connectivity index (χ0n) is 10.0. The second-order valence-electron chi connectivity index (χ2n) is 3.65. The zero-order valence-corrected chi connectivity index (χ0v) is 10.0. The molecule has 0 spiro atoms. The number of imidazole rings is 1. The van der Waals surface area contributed by atoms with Gasteiger partial charge in [0, 0.05) is 20.3 Å². The fourth-order valence-electron chi connectivity index (χ4n) is 1.25. The quantitative estimate of drug-likeness (QED) is 0.354. The molecule has 0 aliphatic rings. The van der Waals surface area contributed by atoms with Crippen LogP contribution in [0.1, 0.15) is 17.9 Å². The first kappa shape index (κ1) is 12.3. The summed E-state index contributed by atoms with van der Waals surface area (Å²) in [6.45, 7) is 5.95. The monoisotopic (exact) mass is 222 g/mol. The van der Waals surface area contributed by atoms with E-state index in [1.165, 1.54) is 0 Å². The van der Waals surface area contributed by atoms with Gasteiger partial charge in [-0.25, -0.2) is 9.66 Å². The standard InChI is InChI=1S/C11H18N4O/c1-5-6-7-16-10(12)11-13-9(2)8-15(11)14(3)4/h5,8,12H,1,6-7H2,2-4H3. The highest BCUT2D eigenvalue weighted by molar-refractivity contribution is 5.88. The lowest BCUT2D eigenvalue weighted by molar-refractivity contribution is 0.307. The summed E-state index contributed by atoms with van der Waals surface area (Å²) >= 11 is 0. The maximum atomic E-state index is 7.79. The molecular formula is C11H18N4O. The molecule has 16 heavy (non-hydrogen) atoms. The van der Waals surface area contributed by atoms with E-state index in [1.807, 2.05) is 32.2 Å². The fourth-order valence-corrected chi connectivity index (χ4v) is 1.25. The van der Waals surface area contributed by atoms with Crippen LogP contribution in [0, 0.1) is 12.3 Å². The molecule has 0 aliphatic heterocycles. The number of aryl methyl sites for hydroxylation is 1. The van der Waals surface area contributed by atoms with Crippen LogP contribution in [0.2, 0.25) is 0 Å². The Labute approximate surface area is 95.8 Å². The van der Waals surface area contributed by atoms with E-state index in [2.05, 4.69) is 11.6 Å². The average molecular weight is 222 g/mol. The maximum absolute atomic E-state index is 7.79. The van der Waals surface area contributed by atoms with Gasteiger partial charge >= 0.3 is 0 Å². The molecule has 0 fully saturated rings. The zero-order chi connectivity index (χ0) is 12.1. The van der Waals surface area contributed by atoms with Crippen molar-refractivity contribution in [2.24, 2.45) is 0 Å². The van der Waals surface area contributed by atoms with Crippen LogP contribution < -0.4 is 5.01 Å². The Hall–Kier alpha value is -1.78. The maximum Gasteiger partial charge on any atom is 0.252 e. The van der Waals surface area contributed by atoms with Crippen molar-refractivity contribution in [1.29, 1.82) is 5.41 Å². The van der Waals surface area contributed by atoms with Crippen molar-refractivity contribution < 1.29 is 4.74 Å². The molecule has 1 heterocycles. The second kappa shape index (κ2) is 5.34. The van der Waals surface area contributed by atoms with Gasteiger partial charge in [0.15, 0.2) is 0 Å². The van der Waals surface area contributed by atoms with Crippen LogP contribution in [-0.4, -0.2) is 36.3 Å². The average Bonchev–Trinajstić information content (AvgIpc) is 2.61. The summed E-state index contributed by atoms with van der Waals surface area (Å²) in [6, 6.07) is 0. The summed E-state index contributed by atoms with van der Waals surface area (Å²) in [6.07, 6.45) is 4.35. The summed E-state index contributed by atoms with van der Waals surface area (Å²) < 4.78 is 7.06. The van der Waals surface area contributed by atoms with Crippen molar-refractivity contribution in [3.63, 3.8) is 0 Å². The van der Waals surface area contributed by atoms with Crippen molar-refractivity contribution in [3.8, 4) is 0 Å². The van der Waals surface area contributed by atoms with Crippen molar-refractivity contribution >= 4 is 5.90 Å². The van der Waals surface area contributed by atoms with Crippen LogP contribution in [-0.2, 0) is 4.74 Å². The number of aromatic nitrogens is 2. The Morgan fingerprint density at radius 2 is 2.38 bits per heavy atom. The Balaban J connectivity index is 2.77. The van der Waals surface area contributed by atoms with Gasteiger partial charge in [-0.05, 0) is 13.3 Å². The minimum absolute atomic E-state index is 0.0867.